The van der Waals surface area contributed by atoms with Gasteiger partial charge in [-0.3, -0.25) is 4.79 Å². The predicted octanol–water partition coefficient (Wildman–Crippen LogP) is 2.14. The molecule has 2 N–H and O–H groups in total. The molecule has 1 rings (SSSR count). The number of carbonyl (C=O) groups is 1. The molecule has 0 fully saturated rings. The van der Waals surface area contributed by atoms with Crippen molar-refractivity contribution in [1.82, 2.24) is 0 Å². The Morgan fingerprint density at radius 2 is 2.23 bits per heavy atom. The van der Waals surface area contributed by atoms with Crippen LogP contribution in [-0.4, -0.2) is 11.7 Å². The number of carbonyl (C=O) groups excluding carboxylic acids is 1. The lowest BCUT2D eigenvalue weighted by molar-refractivity contribution is 0.102. The summed E-state index contributed by atoms with van der Waals surface area (Å²) >= 11 is 5.34. The van der Waals surface area contributed by atoms with Gasteiger partial charge in [0.25, 0.3) is 0 Å². The van der Waals surface area contributed by atoms with E-state index in [9.17, 15) is 9.18 Å². The number of halogens is 2. The smallest absolute Gasteiger partial charge is 0.179 e. The predicted molar refractivity (Wildman–Crippen MR) is 50.6 cm³/mol. The molecule has 0 aliphatic heterocycles. The summed E-state index contributed by atoms with van der Waals surface area (Å²) in [4.78, 5) is 11.2. The first-order valence-corrected chi connectivity index (χ1v) is 4.24. The van der Waals surface area contributed by atoms with Crippen LogP contribution in [0.1, 0.15) is 15.9 Å². The third-order valence-corrected chi connectivity index (χ3v) is 1.94. The Bertz CT molecular complexity index is 352. The molecule has 0 atom stereocenters. The van der Waals surface area contributed by atoms with Crippen LogP contribution in [0.2, 0.25) is 0 Å². The summed E-state index contributed by atoms with van der Waals surface area (Å²) in [5.41, 5.74) is 6.06. The highest BCUT2D eigenvalue weighted by molar-refractivity contribution is 6.31. The highest BCUT2D eigenvalue weighted by Crippen LogP contribution is 2.19. The topological polar surface area (TPSA) is 43.1 Å². The van der Waals surface area contributed by atoms with E-state index in [-0.39, 0.29) is 22.9 Å². The van der Waals surface area contributed by atoms with E-state index < -0.39 is 5.82 Å². The van der Waals surface area contributed by atoms with Crippen LogP contribution in [0.15, 0.2) is 12.1 Å². The van der Waals surface area contributed by atoms with Gasteiger partial charge in [0.1, 0.15) is 5.82 Å². The fourth-order valence-corrected chi connectivity index (χ4v) is 1.20. The van der Waals surface area contributed by atoms with Gasteiger partial charge in [-0.15, -0.1) is 11.6 Å². The first-order chi connectivity index (χ1) is 6.06. The Morgan fingerprint density at radius 3 is 2.77 bits per heavy atom. The van der Waals surface area contributed by atoms with E-state index in [4.69, 9.17) is 17.3 Å². The van der Waals surface area contributed by atoms with E-state index in [0.29, 0.717) is 5.56 Å². The van der Waals surface area contributed by atoms with Gasteiger partial charge in [-0.2, -0.15) is 0 Å². The molecule has 0 bridgehead atoms. The summed E-state index contributed by atoms with van der Waals surface area (Å²) in [6.45, 7) is 1.69. The Labute approximate surface area is 80.5 Å². The number of benzene rings is 1. The van der Waals surface area contributed by atoms with E-state index >= 15 is 0 Å². The number of nitrogens with two attached hydrogens (primary N) is 1. The van der Waals surface area contributed by atoms with Gasteiger partial charge in [-0.05, 0) is 24.6 Å². The molecule has 1 aromatic rings. The zero-order valence-corrected chi connectivity index (χ0v) is 7.86. The molecule has 4 heteroatoms. The summed E-state index contributed by atoms with van der Waals surface area (Å²) in [6.07, 6.45) is 0. The molecule has 0 amide bonds. The van der Waals surface area contributed by atoms with Crippen molar-refractivity contribution in [1.29, 1.82) is 0 Å². The Morgan fingerprint density at radius 1 is 1.62 bits per heavy atom. The first-order valence-electron chi connectivity index (χ1n) is 3.71. The molecule has 0 saturated heterocycles. The van der Waals surface area contributed by atoms with Crippen molar-refractivity contribution in [2.45, 2.75) is 6.92 Å². The highest BCUT2D eigenvalue weighted by Gasteiger charge is 2.12. The average molecular weight is 202 g/mol. The van der Waals surface area contributed by atoms with E-state index in [1.54, 1.807) is 6.92 Å². The van der Waals surface area contributed by atoms with Crippen molar-refractivity contribution in [3.05, 3.63) is 29.1 Å². The quantitative estimate of drug-likeness (QED) is 0.453. The second-order valence-electron chi connectivity index (χ2n) is 2.76. The molecule has 70 valence electrons. The third kappa shape index (κ3) is 1.98. The number of nitrogen functional groups attached to an aromatic ring is 1. The number of Topliss-reactive ketones (excluding diaryl/α,β-unsaturated/α-hetero) is 1. The molecule has 0 heterocycles. The van der Waals surface area contributed by atoms with Crippen LogP contribution < -0.4 is 5.73 Å². The lowest BCUT2D eigenvalue weighted by Gasteiger charge is -2.05. The maximum absolute atomic E-state index is 13.0. The van der Waals surface area contributed by atoms with Gasteiger partial charge in [-0.1, -0.05) is 0 Å². The fourth-order valence-electron chi connectivity index (χ4n) is 1.06. The maximum Gasteiger partial charge on any atom is 0.179 e. The monoisotopic (exact) mass is 201 g/mol. The number of ketones is 1. The van der Waals surface area contributed by atoms with Gasteiger partial charge < -0.3 is 5.73 Å². The molecule has 0 radical (unpaired) electrons. The van der Waals surface area contributed by atoms with E-state index in [2.05, 4.69) is 0 Å². The SMILES string of the molecule is Cc1cc(F)c(N)c(C(=O)CCl)c1. The van der Waals surface area contributed by atoms with Crippen LogP contribution in [-0.2, 0) is 0 Å². The van der Waals surface area contributed by atoms with Crippen molar-refractivity contribution >= 4 is 23.1 Å². The standard InChI is InChI=1S/C9H9ClFNO/c1-5-2-6(8(13)4-10)9(12)7(11)3-5/h2-3H,4,12H2,1H3. The molecular formula is C9H9ClFNO. The molecule has 0 unspecified atom stereocenters. The largest absolute Gasteiger partial charge is 0.396 e. The van der Waals surface area contributed by atoms with Crippen LogP contribution in [0, 0.1) is 12.7 Å². The van der Waals surface area contributed by atoms with Crippen LogP contribution >= 0.6 is 11.6 Å². The van der Waals surface area contributed by atoms with Crippen LogP contribution in [0.4, 0.5) is 10.1 Å². The average Bonchev–Trinajstić information content (AvgIpc) is 2.10. The minimum Gasteiger partial charge on any atom is -0.396 e. The van der Waals surface area contributed by atoms with Crippen molar-refractivity contribution in [2.24, 2.45) is 0 Å². The summed E-state index contributed by atoms with van der Waals surface area (Å²) in [5.74, 6) is -1.12. The van der Waals surface area contributed by atoms with Crippen molar-refractivity contribution in [3.8, 4) is 0 Å². The zero-order valence-electron chi connectivity index (χ0n) is 7.10. The van der Waals surface area contributed by atoms with Crippen LogP contribution in [0.25, 0.3) is 0 Å². The molecule has 0 aromatic heterocycles. The van der Waals surface area contributed by atoms with Crippen molar-refractivity contribution in [3.63, 3.8) is 0 Å². The zero-order chi connectivity index (χ0) is 10.0. The fraction of sp³-hybridized carbons (Fsp3) is 0.222. The van der Waals surface area contributed by atoms with Crippen LogP contribution in [0.5, 0.6) is 0 Å². The number of aryl methyl sites for hydroxylation is 1. The minimum atomic E-state index is -0.575. The van der Waals surface area contributed by atoms with Gasteiger partial charge in [0.05, 0.1) is 11.6 Å². The molecular weight excluding hydrogens is 193 g/mol. The number of rotatable bonds is 2. The Kier molecular flexibility index (Phi) is 2.88. The van der Waals surface area contributed by atoms with E-state index in [1.165, 1.54) is 12.1 Å². The van der Waals surface area contributed by atoms with Gasteiger partial charge >= 0.3 is 0 Å². The Hall–Kier alpha value is -1.09. The number of anilines is 1. The first kappa shape index (κ1) is 9.99. The minimum absolute atomic E-state index is 0.128. The molecule has 13 heavy (non-hydrogen) atoms. The number of alkyl halides is 1. The van der Waals surface area contributed by atoms with Gasteiger partial charge in [0.15, 0.2) is 5.78 Å². The normalized spacial score (nSPS) is 10.1. The molecule has 0 aliphatic carbocycles. The van der Waals surface area contributed by atoms with Crippen LogP contribution in [0.3, 0.4) is 0 Å². The number of hydrogen-bond donors (Lipinski definition) is 1. The molecule has 0 spiro atoms. The molecule has 0 saturated carbocycles. The molecule has 1 aromatic carbocycles. The summed E-state index contributed by atoms with van der Waals surface area (Å²) in [7, 11) is 0. The third-order valence-electron chi connectivity index (χ3n) is 1.70. The molecule has 0 aliphatic rings. The second kappa shape index (κ2) is 3.75. The van der Waals surface area contributed by atoms with Crippen molar-refractivity contribution in [2.75, 3.05) is 11.6 Å². The van der Waals surface area contributed by atoms with Crippen molar-refractivity contribution < 1.29 is 9.18 Å². The summed E-state index contributed by atoms with van der Waals surface area (Å²) in [6, 6.07) is 2.81. The Balaban J connectivity index is 3.28. The summed E-state index contributed by atoms with van der Waals surface area (Å²) < 4.78 is 13.0. The summed E-state index contributed by atoms with van der Waals surface area (Å²) in [5, 5.41) is 0. The number of hydrogen-bond acceptors (Lipinski definition) is 2. The lowest BCUT2D eigenvalue weighted by atomic mass is 10.1. The lowest BCUT2D eigenvalue weighted by Crippen LogP contribution is -2.07. The van der Waals surface area contributed by atoms with E-state index in [0.717, 1.165) is 0 Å². The van der Waals surface area contributed by atoms with Gasteiger partial charge in [0, 0.05) is 5.56 Å². The van der Waals surface area contributed by atoms with Gasteiger partial charge in [0.2, 0.25) is 0 Å². The maximum atomic E-state index is 13.0. The van der Waals surface area contributed by atoms with Gasteiger partial charge in [-0.25, -0.2) is 4.39 Å². The second-order valence-corrected chi connectivity index (χ2v) is 3.03. The van der Waals surface area contributed by atoms with E-state index in [1.807, 2.05) is 0 Å². The highest BCUT2D eigenvalue weighted by atomic mass is 35.5. The molecule has 2 nitrogen and oxygen atoms in total.